The molecular formula is C10H8F3N3O4. The molecule has 10 heteroatoms. The Kier molecular flexibility index (Phi) is 3.03. The van der Waals surface area contributed by atoms with E-state index in [9.17, 15) is 28.1 Å². The number of aromatic nitrogens is 1. The third-order valence-corrected chi connectivity index (χ3v) is 2.94. The monoisotopic (exact) mass is 291 g/mol. The molecule has 1 heterocycles. The first-order valence-corrected chi connectivity index (χ1v) is 5.40. The summed E-state index contributed by atoms with van der Waals surface area (Å²) in [6.07, 6.45) is -5.08. The number of halogens is 3. The number of carboxylic acids is 1. The van der Waals surface area contributed by atoms with Crippen molar-refractivity contribution in [1.82, 2.24) is 4.98 Å². The lowest BCUT2D eigenvalue weighted by Gasteiger charge is -2.21. The Labute approximate surface area is 109 Å². The van der Waals surface area contributed by atoms with Crippen molar-refractivity contribution in [2.75, 3.05) is 5.32 Å². The Morgan fingerprint density at radius 3 is 2.45 bits per heavy atom. The Hall–Kier alpha value is -2.39. The van der Waals surface area contributed by atoms with Crippen molar-refractivity contribution in [2.45, 2.75) is 24.6 Å². The van der Waals surface area contributed by atoms with E-state index in [1.54, 1.807) is 0 Å². The third-order valence-electron chi connectivity index (χ3n) is 2.94. The molecule has 2 rings (SSSR count). The van der Waals surface area contributed by atoms with Gasteiger partial charge in [-0.1, -0.05) is 0 Å². The average molecular weight is 291 g/mol. The van der Waals surface area contributed by atoms with Gasteiger partial charge in [0, 0.05) is 6.07 Å². The average Bonchev–Trinajstić information content (AvgIpc) is 3.08. The van der Waals surface area contributed by atoms with Crippen LogP contribution in [0, 0.1) is 10.1 Å². The molecule has 0 spiro atoms. The summed E-state index contributed by atoms with van der Waals surface area (Å²) in [6, 6.07) is 1.67. The van der Waals surface area contributed by atoms with Crippen LogP contribution < -0.4 is 5.32 Å². The van der Waals surface area contributed by atoms with E-state index in [0.29, 0.717) is 0 Å². The van der Waals surface area contributed by atoms with Gasteiger partial charge in [0.25, 0.3) is 0 Å². The van der Waals surface area contributed by atoms with Crippen LogP contribution in [0.3, 0.4) is 0 Å². The molecular weight excluding hydrogens is 283 g/mol. The zero-order chi connectivity index (χ0) is 15.1. The van der Waals surface area contributed by atoms with Crippen LogP contribution in [-0.4, -0.2) is 32.7 Å². The lowest BCUT2D eigenvalue weighted by Crippen LogP contribution is -2.39. The van der Waals surface area contributed by atoms with Gasteiger partial charge in [-0.3, -0.25) is 10.1 Å². The van der Waals surface area contributed by atoms with Gasteiger partial charge in [-0.15, -0.1) is 0 Å². The fourth-order valence-electron chi connectivity index (χ4n) is 1.64. The Balaban J connectivity index is 2.41. The second-order valence-corrected chi connectivity index (χ2v) is 4.33. The van der Waals surface area contributed by atoms with Gasteiger partial charge in [0.15, 0.2) is 5.69 Å². The quantitative estimate of drug-likeness (QED) is 0.650. The van der Waals surface area contributed by atoms with Gasteiger partial charge < -0.3 is 10.4 Å². The summed E-state index contributed by atoms with van der Waals surface area (Å²) < 4.78 is 38.4. The first-order valence-electron chi connectivity index (χ1n) is 5.40. The number of carboxylic acid groups (broad SMARTS) is 1. The van der Waals surface area contributed by atoms with Gasteiger partial charge in [-0.25, -0.2) is 9.78 Å². The summed E-state index contributed by atoms with van der Waals surface area (Å²) in [5.41, 5.74) is -3.54. The molecule has 1 saturated carbocycles. The molecule has 0 unspecified atom stereocenters. The third kappa shape index (κ3) is 2.36. The van der Waals surface area contributed by atoms with E-state index in [1.165, 1.54) is 0 Å². The number of aromatic carboxylic acids is 1. The van der Waals surface area contributed by atoms with Crippen LogP contribution in [0.2, 0.25) is 0 Å². The van der Waals surface area contributed by atoms with E-state index in [4.69, 9.17) is 5.11 Å². The van der Waals surface area contributed by atoms with Crippen molar-refractivity contribution >= 4 is 17.5 Å². The highest BCUT2D eigenvalue weighted by atomic mass is 19.4. The fourth-order valence-corrected chi connectivity index (χ4v) is 1.64. The molecule has 0 radical (unpaired) electrons. The number of alkyl halides is 3. The molecule has 0 bridgehead atoms. The van der Waals surface area contributed by atoms with Gasteiger partial charge in [-0.05, 0) is 18.9 Å². The second-order valence-electron chi connectivity index (χ2n) is 4.33. The van der Waals surface area contributed by atoms with E-state index in [2.05, 4.69) is 4.98 Å². The molecule has 1 aliphatic rings. The molecule has 1 aromatic heterocycles. The van der Waals surface area contributed by atoms with Gasteiger partial charge in [0.1, 0.15) is 5.54 Å². The van der Waals surface area contributed by atoms with Crippen LogP contribution in [0.4, 0.5) is 24.7 Å². The second kappa shape index (κ2) is 4.32. The normalized spacial score (nSPS) is 16.6. The Morgan fingerprint density at radius 2 is 2.05 bits per heavy atom. The molecule has 0 saturated heterocycles. The van der Waals surface area contributed by atoms with Crippen LogP contribution in [0.5, 0.6) is 0 Å². The lowest BCUT2D eigenvalue weighted by atomic mass is 10.2. The van der Waals surface area contributed by atoms with Gasteiger partial charge >= 0.3 is 17.8 Å². The maximum Gasteiger partial charge on any atom is 0.411 e. The molecule has 0 atom stereocenters. The number of nitrogens with zero attached hydrogens (tertiary/aromatic N) is 2. The highest BCUT2D eigenvalue weighted by Crippen LogP contribution is 2.51. The highest BCUT2D eigenvalue weighted by Gasteiger charge is 2.64. The number of rotatable bonds is 4. The highest BCUT2D eigenvalue weighted by molar-refractivity contribution is 5.86. The molecule has 1 aliphatic carbocycles. The van der Waals surface area contributed by atoms with E-state index in [0.717, 1.165) is 12.1 Å². The van der Waals surface area contributed by atoms with Crippen molar-refractivity contribution in [1.29, 1.82) is 0 Å². The van der Waals surface area contributed by atoms with E-state index < -0.39 is 39.8 Å². The molecule has 20 heavy (non-hydrogen) atoms. The van der Waals surface area contributed by atoms with Crippen molar-refractivity contribution < 1.29 is 28.0 Å². The molecule has 2 N–H and O–H groups in total. The van der Waals surface area contributed by atoms with E-state index >= 15 is 0 Å². The minimum Gasteiger partial charge on any atom is -0.477 e. The molecule has 0 aliphatic heterocycles. The van der Waals surface area contributed by atoms with Crippen molar-refractivity contribution in [3.05, 3.63) is 27.9 Å². The summed E-state index contributed by atoms with van der Waals surface area (Å²) >= 11 is 0. The van der Waals surface area contributed by atoms with Crippen LogP contribution in [0.15, 0.2) is 12.1 Å². The molecule has 0 aromatic carbocycles. The maximum atomic E-state index is 12.8. The summed E-state index contributed by atoms with van der Waals surface area (Å²) in [4.78, 5) is 23.9. The number of anilines is 1. The number of hydrogen-bond acceptors (Lipinski definition) is 5. The van der Waals surface area contributed by atoms with Crippen LogP contribution in [0.25, 0.3) is 0 Å². The van der Waals surface area contributed by atoms with Crippen LogP contribution >= 0.6 is 0 Å². The minimum absolute atomic E-state index is 0.243. The first-order chi connectivity index (χ1) is 9.16. The van der Waals surface area contributed by atoms with Crippen molar-refractivity contribution in [2.24, 2.45) is 0 Å². The summed E-state index contributed by atoms with van der Waals surface area (Å²) in [5, 5.41) is 21.5. The van der Waals surface area contributed by atoms with Gasteiger partial charge in [0.2, 0.25) is 5.82 Å². The predicted octanol–water partition coefficient (Wildman–Crippen LogP) is 2.19. The summed E-state index contributed by atoms with van der Waals surface area (Å²) in [5.74, 6) is -2.18. The summed E-state index contributed by atoms with van der Waals surface area (Å²) in [7, 11) is 0. The van der Waals surface area contributed by atoms with Gasteiger partial charge in [-0.2, -0.15) is 13.2 Å². The Morgan fingerprint density at radius 1 is 1.45 bits per heavy atom. The lowest BCUT2D eigenvalue weighted by molar-refractivity contribution is -0.384. The van der Waals surface area contributed by atoms with Crippen molar-refractivity contribution in [3.8, 4) is 0 Å². The standard InChI is InChI=1S/C10H8F3N3O4/c11-10(12,13)9(3-4-9)15-7-6(16(19)20)2-1-5(14-7)8(17)18/h1-2H,3-4H2,(H,14,15)(H,17,18). The Bertz CT molecular complexity index is 584. The molecule has 108 valence electrons. The van der Waals surface area contributed by atoms with Crippen LogP contribution in [0.1, 0.15) is 23.3 Å². The number of carbonyl (C=O) groups is 1. The predicted molar refractivity (Wildman–Crippen MR) is 59.5 cm³/mol. The molecule has 7 nitrogen and oxygen atoms in total. The number of hydrogen-bond donors (Lipinski definition) is 2. The molecule has 0 amide bonds. The minimum atomic E-state index is -4.60. The zero-order valence-corrected chi connectivity index (χ0v) is 9.77. The van der Waals surface area contributed by atoms with E-state index in [-0.39, 0.29) is 12.8 Å². The number of nitrogens with one attached hydrogen (secondary N) is 1. The number of pyridine rings is 1. The van der Waals surface area contributed by atoms with E-state index in [1.807, 2.05) is 5.32 Å². The fraction of sp³-hybridized carbons (Fsp3) is 0.400. The summed E-state index contributed by atoms with van der Waals surface area (Å²) in [6.45, 7) is 0. The first kappa shape index (κ1) is 14.0. The van der Waals surface area contributed by atoms with Crippen LogP contribution in [-0.2, 0) is 0 Å². The molecule has 1 fully saturated rings. The largest absolute Gasteiger partial charge is 0.477 e. The van der Waals surface area contributed by atoms with Gasteiger partial charge in [0.05, 0.1) is 4.92 Å². The molecule has 1 aromatic rings. The van der Waals surface area contributed by atoms with Crippen molar-refractivity contribution in [3.63, 3.8) is 0 Å². The maximum absolute atomic E-state index is 12.8. The topological polar surface area (TPSA) is 105 Å². The smallest absolute Gasteiger partial charge is 0.411 e. The SMILES string of the molecule is O=C(O)c1ccc([N+](=O)[O-])c(NC2(C(F)(F)F)CC2)n1. The zero-order valence-electron chi connectivity index (χ0n) is 9.77. The number of nitro groups is 1.